The Morgan fingerprint density at radius 1 is 1.02 bits per heavy atom. The molecule has 0 saturated carbocycles. The lowest BCUT2D eigenvalue weighted by molar-refractivity contribution is -0.122. The number of carbonyl (C=O) groups is 2. The molecule has 2 saturated heterocycles. The number of nitrogens with zero attached hydrogens (tertiary/aromatic N) is 2. The number of benzene rings is 3. The van der Waals surface area contributed by atoms with Crippen LogP contribution in [-0.2, 0) is 20.7 Å². The summed E-state index contributed by atoms with van der Waals surface area (Å²) in [4.78, 5) is 28.9. The molecule has 5 rings (SSSR count). The maximum absolute atomic E-state index is 13.3. The van der Waals surface area contributed by atoms with Crippen molar-refractivity contribution in [3.63, 3.8) is 0 Å². The number of carbonyl (C=O) groups excluding carboxylic acids is 1. The Morgan fingerprint density at radius 3 is 2.48 bits per heavy atom. The third-order valence-corrected chi connectivity index (χ3v) is 8.66. The highest BCUT2D eigenvalue weighted by Gasteiger charge is 2.31. The molecule has 1 N–H and O–H groups in total. The highest BCUT2D eigenvalue weighted by atomic mass is 32.2. The second-order valence-corrected chi connectivity index (χ2v) is 11.9. The van der Waals surface area contributed by atoms with Crippen molar-refractivity contribution in [3.05, 3.63) is 88.3 Å². The Morgan fingerprint density at radius 2 is 1.77 bits per heavy atom. The smallest absolute Gasteiger partial charge is 0.335 e. The van der Waals surface area contributed by atoms with Crippen molar-refractivity contribution in [2.24, 2.45) is 0 Å². The largest absolute Gasteiger partial charge is 0.492 e. The zero-order valence-electron chi connectivity index (χ0n) is 24.4. The lowest BCUT2D eigenvalue weighted by Crippen LogP contribution is -2.38. The van der Waals surface area contributed by atoms with Crippen LogP contribution in [0.15, 0.2) is 71.6 Å². The highest BCUT2D eigenvalue weighted by Crippen LogP contribution is 2.36. The molecule has 0 aliphatic carbocycles. The first-order valence-electron chi connectivity index (χ1n) is 14.3. The molecule has 2 fully saturated rings. The monoisotopic (exact) mass is 634 g/mol. The summed E-state index contributed by atoms with van der Waals surface area (Å²) in [5.74, 6) is 0.335. The maximum atomic E-state index is 13.3. The summed E-state index contributed by atoms with van der Waals surface area (Å²) in [6, 6.07) is 20.3. The highest BCUT2D eigenvalue weighted by molar-refractivity contribution is 8.26. The Labute approximate surface area is 266 Å². The lowest BCUT2D eigenvalue weighted by Gasteiger charge is -2.26. The predicted octanol–water partition coefficient (Wildman–Crippen LogP) is 5.19. The summed E-state index contributed by atoms with van der Waals surface area (Å²) in [6.45, 7) is 5.19. The van der Waals surface area contributed by atoms with E-state index in [0.717, 1.165) is 60.9 Å². The van der Waals surface area contributed by atoms with Crippen molar-refractivity contribution >= 4 is 46.3 Å². The number of morpholine rings is 1. The minimum Gasteiger partial charge on any atom is -0.492 e. The van der Waals surface area contributed by atoms with E-state index in [4.69, 9.17) is 36.3 Å². The summed E-state index contributed by atoms with van der Waals surface area (Å²) in [5, 5.41) is 9.12. The third-order valence-electron chi connectivity index (χ3n) is 7.28. The quantitative estimate of drug-likeness (QED) is 0.154. The molecule has 3 aromatic rings. The molecule has 0 bridgehead atoms. The Kier molecular flexibility index (Phi) is 11.0. The van der Waals surface area contributed by atoms with Crippen molar-refractivity contribution in [1.29, 1.82) is 0 Å². The SMILES string of the molecule is COCOc1ccc(-c2cc(/C=C3\SC(=S)N(CCc4ccc(C(=O)O)cc4)C3=O)ccc2OCCN2CCOCC2)cc1. The van der Waals surface area contributed by atoms with Crippen LogP contribution >= 0.6 is 24.0 Å². The van der Waals surface area contributed by atoms with Crippen molar-refractivity contribution in [3.8, 4) is 22.6 Å². The number of amides is 1. The molecule has 1 amide bonds. The van der Waals surface area contributed by atoms with E-state index in [1.54, 1.807) is 36.3 Å². The average Bonchev–Trinajstić information content (AvgIpc) is 3.31. The number of hydrogen-bond donors (Lipinski definition) is 1. The standard InChI is InChI=1S/C33H34N2O7S2/c1-39-22-42-27-9-7-25(8-10-27)28-20-24(4-11-29(28)41-19-16-34-14-17-40-18-15-34)21-30-31(36)35(33(43)44-30)13-12-23-2-5-26(6-3-23)32(37)38/h2-11,20-21H,12-19,22H2,1H3,(H,37,38)/b30-21-. The fourth-order valence-electron chi connectivity index (χ4n) is 4.86. The Balaban J connectivity index is 1.31. The average molecular weight is 635 g/mol. The van der Waals surface area contributed by atoms with Gasteiger partial charge < -0.3 is 24.1 Å². The van der Waals surface area contributed by atoms with Gasteiger partial charge in [-0.1, -0.05) is 54.3 Å². The van der Waals surface area contributed by atoms with Crippen molar-refractivity contribution in [2.75, 3.05) is 59.9 Å². The summed E-state index contributed by atoms with van der Waals surface area (Å²) in [6.07, 6.45) is 2.42. The van der Waals surface area contributed by atoms with Crippen molar-refractivity contribution < 1.29 is 33.6 Å². The molecule has 2 heterocycles. The van der Waals surface area contributed by atoms with Crippen LogP contribution in [-0.4, -0.2) is 91.0 Å². The van der Waals surface area contributed by atoms with Crippen molar-refractivity contribution in [1.82, 2.24) is 9.80 Å². The van der Waals surface area contributed by atoms with Crippen LogP contribution in [0.1, 0.15) is 21.5 Å². The number of thiocarbonyl (C=S) groups is 1. The Hall–Kier alpha value is -3.74. The number of hydrogen-bond acceptors (Lipinski definition) is 9. The van der Waals surface area contributed by atoms with E-state index in [2.05, 4.69) is 4.90 Å². The second kappa shape index (κ2) is 15.3. The molecule has 0 radical (unpaired) electrons. The van der Waals surface area contributed by atoms with Gasteiger partial charge in [0, 0.05) is 38.9 Å². The molecular weight excluding hydrogens is 601 g/mol. The van der Waals surface area contributed by atoms with Gasteiger partial charge in [-0.05, 0) is 65.6 Å². The minimum atomic E-state index is -0.970. The number of carboxylic acid groups (broad SMARTS) is 1. The number of aromatic carboxylic acids is 1. The van der Waals surface area contributed by atoms with E-state index < -0.39 is 5.97 Å². The first-order valence-corrected chi connectivity index (χ1v) is 15.5. The summed E-state index contributed by atoms with van der Waals surface area (Å²) < 4.78 is 22.8. The van der Waals surface area contributed by atoms with Gasteiger partial charge in [-0.25, -0.2) is 4.79 Å². The van der Waals surface area contributed by atoms with Gasteiger partial charge in [0.2, 0.25) is 0 Å². The predicted molar refractivity (Wildman–Crippen MR) is 174 cm³/mol. The Bertz CT molecular complexity index is 1500. The van der Waals surface area contributed by atoms with Crippen LogP contribution in [0.3, 0.4) is 0 Å². The zero-order chi connectivity index (χ0) is 30.9. The van der Waals surface area contributed by atoms with E-state index >= 15 is 0 Å². The van der Waals surface area contributed by atoms with Gasteiger partial charge in [-0.3, -0.25) is 14.6 Å². The second-order valence-electron chi connectivity index (χ2n) is 10.2. The van der Waals surface area contributed by atoms with Gasteiger partial charge in [0.1, 0.15) is 22.4 Å². The van der Waals surface area contributed by atoms with Crippen LogP contribution in [0.4, 0.5) is 0 Å². The number of rotatable bonds is 13. The van der Waals surface area contributed by atoms with E-state index in [-0.39, 0.29) is 18.3 Å². The minimum absolute atomic E-state index is 0.144. The normalized spacial score (nSPS) is 16.5. The summed E-state index contributed by atoms with van der Waals surface area (Å²) >= 11 is 6.82. The molecule has 3 aromatic carbocycles. The van der Waals surface area contributed by atoms with Gasteiger partial charge in [0.15, 0.2) is 6.79 Å². The van der Waals surface area contributed by atoms with E-state index in [0.29, 0.717) is 34.5 Å². The number of ether oxygens (including phenoxy) is 4. The molecular formula is C33H34N2O7S2. The fourth-order valence-corrected chi connectivity index (χ4v) is 6.16. The third kappa shape index (κ3) is 8.25. The number of thioether (sulfide) groups is 1. The fraction of sp³-hybridized carbons (Fsp3) is 0.303. The van der Waals surface area contributed by atoms with Crippen LogP contribution in [0.2, 0.25) is 0 Å². The first-order chi connectivity index (χ1) is 21.4. The number of carboxylic acids is 1. The maximum Gasteiger partial charge on any atom is 0.335 e. The van der Waals surface area contributed by atoms with Crippen molar-refractivity contribution in [2.45, 2.75) is 6.42 Å². The molecule has 44 heavy (non-hydrogen) atoms. The summed E-state index contributed by atoms with van der Waals surface area (Å²) in [7, 11) is 1.58. The molecule has 2 aliphatic heterocycles. The molecule has 2 aliphatic rings. The van der Waals surface area contributed by atoms with E-state index in [9.17, 15) is 9.59 Å². The topological polar surface area (TPSA) is 97.8 Å². The van der Waals surface area contributed by atoms with Gasteiger partial charge in [-0.15, -0.1) is 0 Å². The van der Waals surface area contributed by atoms with E-state index in [1.165, 1.54) is 11.8 Å². The summed E-state index contributed by atoms with van der Waals surface area (Å²) in [5.41, 5.74) is 3.86. The molecule has 9 nitrogen and oxygen atoms in total. The van der Waals surface area contributed by atoms with Crippen LogP contribution in [0.25, 0.3) is 17.2 Å². The molecule has 11 heteroatoms. The van der Waals surface area contributed by atoms with Crippen LogP contribution < -0.4 is 9.47 Å². The first kappa shape index (κ1) is 31.7. The lowest BCUT2D eigenvalue weighted by atomic mass is 10.0. The molecule has 0 spiro atoms. The van der Waals surface area contributed by atoms with E-state index in [1.807, 2.05) is 48.5 Å². The molecule has 0 atom stereocenters. The number of methoxy groups -OCH3 is 1. The van der Waals surface area contributed by atoms with Gasteiger partial charge in [0.05, 0.1) is 23.7 Å². The molecule has 0 aromatic heterocycles. The van der Waals surface area contributed by atoms with Gasteiger partial charge in [-0.2, -0.15) is 0 Å². The van der Waals surface area contributed by atoms with Crippen LogP contribution in [0, 0.1) is 0 Å². The molecule has 230 valence electrons. The van der Waals surface area contributed by atoms with Gasteiger partial charge >= 0.3 is 5.97 Å². The zero-order valence-corrected chi connectivity index (χ0v) is 26.0. The molecule has 0 unspecified atom stereocenters. The van der Waals surface area contributed by atoms with Gasteiger partial charge in [0.25, 0.3) is 5.91 Å². The van der Waals surface area contributed by atoms with Crippen LogP contribution in [0.5, 0.6) is 11.5 Å².